The minimum absolute atomic E-state index is 0. The van der Waals surface area contributed by atoms with Gasteiger partial charge >= 0.3 is 0 Å². The molecule has 8 heteroatoms. The Bertz CT molecular complexity index is 700. The minimum atomic E-state index is -0.357. The molecule has 0 bridgehead atoms. The molecular formula is C18H24FIN4O2. The fourth-order valence-corrected chi connectivity index (χ4v) is 2.06. The van der Waals surface area contributed by atoms with Crippen molar-refractivity contribution >= 4 is 29.9 Å². The number of aliphatic imine (C=N–C) groups is 1. The van der Waals surface area contributed by atoms with Crippen LogP contribution in [-0.4, -0.2) is 37.7 Å². The van der Waals surface area contributed by atoms with Gasteiger partial charge in [-0.2, -0.15) is 0 Å². The molecule has 0 aliphatic carbocycles. The van der Waals surface area contributed by atoms with Crippen molar-refractivity contribution in [3.8, 4) is 11.6 Å². The second-order valence-corrected chi connectivity index (χ2v) is 5.14. The van der Waals surface area contributed by atoms with Crippen LogP contribution in [0.2, 0.25) is 0 Å². The van der Waals surface area contributed by atoms with Crippen LogP contribution < -0.4 is 15.4 Å². The van der Waals surface area contributed by atoms with Crippen molar-refractivity contribution in [2.24, 2.45) is 4.99 Å². The highest BCUT2D eigenvalue weighted by atomic mass is 127. The van der Waals surface area contributed by atoms with Gasteiger partial charge in [-0.05, 0) is 25.1 Å². The van der Waals surface area contributed by atoms with Crippen LogP contribution in [0.5, 0.6) is 11.6 Å². The minimum Gasteiger partial charge on any atom is -0.439 e. The highest BCUT2D eigenvalue weighted by molar-refractivity contribution is 14.0. The van der Waals surface area contributed by atoms with Gasteiger partial charge in [-0.15, -0.1) is 24.0 Å². The number of aromatic nitrogens is 1. The molecule has 2 rings (SSSR count). The zero-order valence-corrected chi connectivity index (χ0v) is 17.2. The van der Waals surface area contributed by atoms with E-state index in [4.69, 9.17) is 9.47 Å². The molecule has 2 aromatic rings. The van der Waals surface area contributed by atoms with Crippen LogP contribution in [0.3, 0.4) is 0 Å². The van der Waals surface area contributed by atoms with Crippen molar-refractivity contribution < 1.29 is 13.9 Å². The quantitative estimate of drug-likeness (QED) is 0.266. The Morgan fingerprint density at radius 2 is 2.08 bits per heavy atom. The van der Waals surface area contributed by atoms with Gasteiger partial charge in [-0.3, -0.25) is 0 Å². The van der Waals surface area contributed by atoms with Crippen molar-refractivity contribution in [3.05, 3.63) is 54.0 Å². The van der Waals surface area contributed by atoms with Crippen LogP contribution in [0.1, 0.15) is 12.5 Å². The molecule has 0 atom stereocenters. The summed E-state index contributed by atoms with van der Waals surface area (Å²) in [5.74, 6) is 1.13. The average molecular weight is 474 g/mol. The molecule has 142 valence electrons. The van der Waals surface area contributed by atoms with E-state index >= 15 is 0 Å². The normalized spacial score (nSPS) is 10.8. The molecule has 0 unspecified atom stereocenters. The molecule has 0 aliphatic heterocycles. The van der Waals surface area contributed by atoms with Gasteiger partial charge in [0.05, 0.1) is 13.2 Å². The van der Waals surface area contributed by atoms with Crippen molar-refractivity contribution in [1.29, 1.82) is 0 Å². The van der Waals surface area contributed by atoms with Gasteiger partial charge in [0.2, 0.25) is 5.88 Å². The summed E-state index contributed by atoms with van der Waals surface area (Å²) in [4.78, 5) is 8.75. The summed E-state index contributed by atoms with van der Waals surface area (Å²) in [6, 6.07) is 9.65. The molecule has 0 saturated carbocycles. The Labute approximate surface area is 170 Å². The van der Waals surface area contributed by atoms with E-state index in [0.29, 0.717) is 37.3 Å². The maximum absolute atomic E-state index is 13.3. The van der Waals surface area contributed by atoms with Crippen molar-refractivity contribution in [3.63, 3.8) is 0 Å². The lowest BCUT2D eigenvalue weighted by Crippen LogP contribution is -2.38. The van der Waals surface area contributed by atoms with Crippen molar-refractivity contribution in [2.45, 2.75) is 13.5 Å². The molecule has 0 aliphatic rings. The maximum atomic E-state index is 13.3. The van der Waals surface area contributed by atoms with Gasteiger partial charge in [-0.25, -0.2) is 14.4 Å². The van der Waals surface area contributed by atoms with Crippen LogP contribution in [0.15, 0.2) is 47.6 Å². The zero-order chi connectivity index (χ0) is 17.9. The summed E-state index contributed by atoms with van der Waals surface area (Å²) in [5, 5.41) is 6.33. The number of nitrogens with one attached hydrogen (secondary N) is 2. The number of pyridine rings is 1. The number of benzene rings is 1. The van der Waals surface area contributed by atoms with E-state index in [9.17, 15) is 4.39 Å². The predicted molar refractivity (Wildman–Crippen MR) is 111 cm³/mol. The van der Waals surface area contributed by atoms with Gasteiger partial charge in [0.1, 0.15) is 11.6 Å². The molecule has 6 nitrogen and oxygen atoms in total. The van der Waals surface area contributed by atoms with E-state index in [0.717, 1.165) is 12.1 Å². The first kappa shape index (κ1) is 22.1. The highest BCUT2D eigenvalue weighted by Gasteiger charge is 2.07. The third-order valence-corrected chi connectivity index (χ3v) is 3.21. The Kier molecular flexibility index (Phi) is 10.6. The zero-order valence-electron chi connectivity index (χ0n) is 14.9. The summed E-state index contributed by atoms with van der Waals surface area (Å²) in [5.41, 5.74) is 0.802. The molecule has 0 amide bonds. The smallest absolute Gasteiger partial charge is 0.224 e. The second-order valence-electron chi connectivity index (χ2n) is 5.14. The topological polar surface area (TPSA) is 67.8 Å². The van der Waals surface area contributed by atoms with Gasteiger partial charge < -0.3 is 20.1 Å². The van der Waals surface area contributed by atoms with E-state index in [-0.39, 0.29) is 29.8 Å². The number of nitrogens with zero attached hydrogens (tertiary/aromatic N) is 2. The van der Waals surface area contributed by atoms with Crippen molar-refractivity contribution in [1.82, 2.24) is 15.6 Å². The largest absolute Gasteiger partial charge is 0.439 e. The third-order valence-electron chi connectivity index (χ3n) is 3.21. The lowest BCUT2D eigenvalue weighted by molar-refractivity contribution is 0.203. The molecule has 1 aromatic carbocycles. The summed E-state index contributed by atoms with van der Waals surface area (Å²) in [6.07, 6.45) is 1.63. The third kappa shape index (κ3) is 7.52. The lowest BCUT2D eigenvalue weighted by atomic mass is 10.2. The molecule has 1 heterocycles. The first-order valence-corrected chi connectivity index (χ1v) is 8.11. The SMILES string of the molecule is CCNC(=NCc1cccnc1Oc1cccc(F)c1)NCCOC.I. The van der Waals surface area contributed by atoms with Gasteiger partial charge in [0, 0.05) is 38.0 Å². The van der Waals surface area contributed by atoms with E-state index in [2.05, 4.69) is 20.6 Å². The van der Waals surface area contributed by atoms with E-state index in [1.807, 2.05) is 19.1 Å². The van der Waals surface area contributed by atoms with Crippen LogP contribution in [0.4, 0.5) is 4.39 Å². The molecule has 26 heavy (non-hydrogen) atoms. The van der Waals surface area contributed by atoms with Gasteiger partial charge in [0.25, 0.3) is 0 Å². The number of ether oxygens (including phenoxy) is 2. The Balaban J connectivity index is 0.00000338. The number of hydrogen-bond acceptors (Lipinski definition) is 4. The molecule has 0 fully saturated rings. The highest BCUT2D eigenvalue weighted by Crippen LogP contribution is 2.23. The lowest BCUT2D eigenvalue weighted by Gasteiger charge is -2.12. The summed E-state index contributed by atoms with van der Waals surface area (Å²) in [7, 11) is 1.65. The van der Waals surface area contributed by atoms with Crippen LogP contribution in [0, 0.1) is 5.82 Å². The number of halogens is 2. The molecule has 0 radical (unpaired) electrons. The average Bonchev–Trinajstić information content (AvgIpc) is 2.61. The van der Waals surface area contributed by atoms with E-state index in [1.54, 1.807) is 25.4 Å². The van der Waals surface area contributed by atoms with E-state index in [1.165, 1.54) is 12.1 Å². The van der Waals surface area contributed by atoms with E-state index < -0.39 is 0 Å². The number of methoxy groups -OCH3 is 1. The predicted octanol–water partition coefficient (Wildman–Crippen LogP) is 3.33. The van der Waals surface area contributed by atoms with Gasteiger partial charge in [-0.1, -0.05) is 12.1 Å². The number of hydrogen-bond donors (Lipinski definition) is 2. The summed E-state index contributed by atoms with van der Waals surface area (Å²) < 4.78 is 24.0. The number of guanidine groups is 1. The molecule has 1 aromatic heterocycles. The molecule has 2 N–H and O–H groups in total. The van der Waals surface area contributed by atoms with Gasteiger partial charge in [0.15, 0.2) is 5.96 Å². The second kappa shape index (κ2) is 12.4. The Morgan fingerprint density at radius 3 is 2.81 bits per heavy atom. The molecule has 0 spiro atoms. The van der Waals surface area contributed by atoms with Crippen LogP contribution in [0.25, 0.3) is 0 Å². The summed E-state index contributed by atoms with van der Waals surface area (Å²) in [6.45, 7) is 4.36. The first-order chi connectivity index (χ1) is 12.2. The first-order valence-electron chi connectivity index (χ1n) is 8.11. The summed E-state index contributed by atoms with van der Waals surface area (Å²) >= 11 is 0. The standard InChI is InChI=1S/C18H23FN4O2.HI/c1-3-20-18(22-10-11-24-2)23-13-14-6-5-9-21-17(14)25-16-8-4-7-15(19)12-16;/h4-9,12H,3,10-11,13H2,1-2H3,(H2,20,22,23);1H. The molecule has 0 saturated heterocycles. The van der Waals surface area contributed by atoms with Crippen LogP contribution in [-0.2, 0) is 11.3 Å². The Hall–Kier alpha value is -1.94. The van der Waals surface area contributed by atoms with Crippen molar-refractivity contribution in [2.75, 3.05) is 26.8 Å². The fraction of sp³-hybridized carbons (Fsp3) is 0.333. The number of rotatable bonds is 8. The Morgan fingerprint density at radius 1 is 1.23 bits per heavy atom. The fourth-order valence-electron chi connectivity index (χ4n) is 2.06. The van der Waals surface area contributed by atoms with Crippen LogP contribution >= 0.6 is 24.0 Å². The molecular weight excluding hydrogens is 450 g/mol. The monoisotopic (exact) mass is 474 g/mol. The maximum Gasteiger partial charge on any atom is 0.224 e.